The predicted octanol–water partition coefficient (Wildman–Crippen LogP) is 3.84. The molecule has 1 aliphatic carbocycles. The van der Waals surface area contributed by atoms with Crippen LogP contribution in [0.25, 0.3) is 0 Å². The van der Waals surface area contributed by atoms with Gasteiger partial charge in [0.25, 0.3) is 0 Å². The molecule has 1 aromatic heterocycles. The zero-order valence-electron chi connectivity index (χ0n) is 20.7. The summed E-state index contributed by atoms with van der Waals surface area (Å²) < 4.78 is 19.8. The molecule has 36 heavy (non-hydrogen) atoms. The molecule has 1 fully saturated rings. The van der Waals surface area contributed by atoms with Crippen molar-refractivity contribution in [2.45, 2.75) is 70.6 Å². The normalized spacial score (nSPS) is 17.9. The molecule has 0 bridgehead atoms. The summed E-state index contributed by atoms with van der Waals surface area (Å²) in [6.45, 7) is 5.19. The predicted molar refractivity (Wildman–Crippen MR) is 133 cm³/mol. The van der Waals surface area contributed by atoms with Crippen molar-refractivity contribution in [3.63, 3.8) is 0 Å². The number of hydrogen-bond acceptors (Lipinski definition) is 6. The quantitative estimate of drug-likeness (QED) is 0.580. The molecule has 9 heteroatoms. The molecule has 4 rings (SSSR count). The third-order valence-electron chi connectivity index (χ3n) is 5.94. The van der Waals surface area contributed by atoms with Gasteiger partial charge in [-0.05, 0) is 63.8 Å². The topological polar surface area (TPSA) is 110 Å². The number of ether oxygens (including phenoxy) is 1. The van der Waals surface area contributed by atoms with E-state index in [-0.39, 0.29) is 36.9 Å². The number of nitrogens with zero attached hydrogens (tertiary/aromatic N) is 2. The summed E-state index contributed by atoms with van der Waals surface area (Å²) >= 11 is 0. The molecule has 8 nitrogen and oxygen atoms in total. The Bertz CT molecular complexity index is 1190. The van der Waals surface area contributed by atoms with E-state index in [1.54, 1.807) is 57.3 Å². The van der Waals surface area contributed by atoms with Crippen LogP contribution in [0.5, 0.6) is 0 Å². The Balaban J connectivity index is 1.58. The van der Waals surface area contributed by atoms with Gasteiger partial charge in [-0.3, -0.25) is 14.6 Å². The number of Topliss-reactive ketones (excluding diaryl/α,β-unsaturated/α-hetero) is 1. The number of carbonyl (C=O) groups is 3. The number of benzene rings is 1. The van der Waals surface area contributed by atoms with Crippen LogP contribution in [0.15, 0.2) is 47.6 Å². The van der Waals surface area contributed by atoms with Gasteiger partial charge in [0.15, 0.2) is 5.78 Å². The van der Waals surface area contributed by atoms with Crippen LogP contribution in [0.4, 0.5) is 14.9 Å². The standard InChI is InChI=1S/C27H31FN4O4/c1-27(2,3)36-26(35)31-18(13-16-7-4-5-8-20(16)28)14-23(33)24-19(25(34)30-17-10-11-17)15-22-21(32-24)9-6-12-29-22/h4-9,12,17-19H,10-11,13-15H2,1-3H3,(H,30,34)(H,31,35). The lowest BCUT2D eigenvalue weighted by molar-refractivity contribution is -0.124. The van der Waals surface area contributed by atoms with Gasteiger partial charge in [-0.1, -0.05) is 18.2 Å². The second-order valence-corrected chi connectivity index (χ2v) is 10.3. The summed E-state index contributed by atoms with van der Waals surface area (Å²) in [7, 11) is 0. The Morgan fingerprint density at radius 2 is 1.89 bits per heavy atom. The van der Waals surface area contributed by atoms with Crippen molar-refractivity contribution in [3.05, 3.63) is 59.7 Å². The maximum Gasteiger partial charge on any atom is 0.407 e. The molecule has 2 aromatic rings. The number of rotatable bonds is 8. The number of pyridine rings is 1. The Labute approximate surface area is 209 Å². The molecular formula is C27H31FN4O4. The van der Waals surface area contributed by atoms with Gasteiger partial charge in [-0.2, -0.15) is 0 Å². The minimum absolute atomic E-state index is 0.0714. The van der Waals surface area contributed by atoms with E-state index in [4.69, 9.17) is 4.74 Å². The number of aliphatic imine (C=N–C) groups is 1. The monoisotopic (exact) mass is 494 g/mol. The van der Waals surface area contributed by atoms with Crippen LogP contribution in [0.3, 0.4) is 0 Å². The van der Waals surface area contributed by atoms with Gasteiger partial charge in [-0.15, -0.1) is 0 Å². The van der Waals surface area contributed by atoms with E-state index in [1.165, 1.54) is 6.07 Å². The second-order valence-electron chi connectivity index (χ2n) is 10.3. The lowest BCUT2D eigenvalue weighted by Crippen LogP contribution is -2.45. The third kappa shape index (κ3) is 6.74. The average molecular weight is 495 g/mol. The summed E-state index contributed by atoms with van der Waals surface area (Å²) in [5.74, 6) is -1.86. The molecule has 2 amide bonds. The largest absolute Gasteiger partial charge is 0.444 e. The van der Waals surface area contributed by atoms with Crippen molar-refractivity contribution in [2.24, 2.45) is 10.9 Å². The van der Waals surface area contributed by atoms with E-state index >= 15 is 0 Å². The number of halogens is 1. The van der Waals surface area contributed by atoms with E-state index in [0.29, 0.717) is 16.9 Å². The molecule has 1 saturated carbocycles. The van der Waals surface area contributed by atoms with Crippen LogP contribution in [0.2, 0.25) is 0 Å². The van der Waals surface area contributed by atoms with E-state index in [2.05, 4.69) is 20.6 Å². The number of carbonyl (C=O) groups excluding carboxylic acids is 3. The van der Waals surface area contributed by atoms with Crippen molar-refractivity contribution < 1.29 is 23.5 Å². The molecule has 0 radical (unpaired) electrons. The summed E-state index contributed by atoms with van der Waals surface area (Å²) in [5, 5.41) is 5.67. The van der Waals surface area contributed by atoms with Crippen LogP contribution in [-0.2, 0) is 27.2 Å². The van der Waals surface area contributed by atoms with Crippen LogP contribution in [0, 0.1) is 11.7 Å². The summed E-state index contributed by atoms with van der Waals surface area (Å²) in [4.78, 5) is 47.9. The van der Waals surface area contributed by atoms with Crippen molar-refractivity contribution >= 4 is 29.2 Å². The molecule has 1 aliphatic heterocycles. The number of fused-ring (bicyclic) bond motifs is 1. The molecule has 1 aromatic carbocycles. The van der Waals surface area contributed by atoms with Crippen LogP contribution in [-0.4, -0.2) is 46.2 Å². The van der Waals surface area contributed by atoms with Gasteiger partial charge < -0.3 is 15.4 Å². The average Bonchev–Trinajstić information content (AvgIpc) is 3.62. The Morgan fingerprint density at radius 1 is 1.14 bits per heavy atom. The minimum atomic E-state index is -0.781. The number of alkyl carbamates (subject to hydrolysis) is 1. The highest BCUT2D eigenvalue weighted by molar-refractivity contribution is 6.44. The highest BCUT2D eigenvalue weighted by atomic mass is 19.1. The maximum absolute atomic E-state index is 14.4. The number of aromatic nitrogens is 1. The Morgan fingerprint density at radius 3 is 2.58 bits per heavy atom. The van der Waals surface area contributed by atoms with Gasteiger partial charge in [-0.25, -0.2) is 14.2 Å². The molecule has 0 saturated heterocycles. The van der Waals surface area contributed by atoms with Gasteiger partial charge in [0.1, 0.15) is 11.4 Å². The molecule has 2 unspecified atom stereocenters. The third-order valence-corrected chi connectivity index (χ3v) is 5.94. The molecular weight excluding hydrogens is 463 g/mol. The lowest BCUT2D eigenvalue weighted by Gasteiger charge is -2.26. The van der Waals surface area contributed by atoms with Crippen LogP contribution in [0.1, 0.15) is 51.3 Å². The smallest absolute Gasteiger partial charge is 0.407 e. The van der Waals surface area contributed by atoms with E-state index in [9.17, 15) is 18.8 Å². The first-order valence-electron chi connectivity index (χ1n) is 12.2. The maximum atomic E-state index is 14.4. The van der Waals surface area contributed by atoms with Gasteiger partial charge in [0, 0.05) is 31.1 Å². The van der Waals surface area contributed by atoms with E-state index in [0.717, 1.165) is 12.8 Å². The SMILES string of the molecule is CC(C)(C)OC(=O)NC(CC(=O)C1=Nc2cccnc2CC1C(=O)NC1CC1)Cc1ccccc1F. The highest BCUT2D eigenvalue weighted by Gasteiger charge is 2.37. The molecule has 190 valence electrons. The zero-order valence-corrected chi connectivity index (χ0v) is 20.7. The summed E-state index contributed by atoms with van der Waals surface area (Å²) in [6.07, 6.45) is 2.91. The molecule has 2 aliphatic rings. The van der Waals surface area contributed by atoms with Gasteiger partial charge in [0.2, 0.25) is 5.91 Å². The molecule has 2 heterocycles. The first-order valence-corrected chi connectivity index (χ1v) is 12.2. The van der Waals surface area contributed by atoms with E-state index < -0.39 is 35.3 Å². The van der Waals surface area contributed by atoms with Gasteiger partial charge >= 0.3 is 6.09 Å². The first-order chi connectivity index (χ1) is 17.1. The zero-order chi connectivity index (χ0) is 25.9. The van der Waals surface area contributed by atoms with Crippen molar-refractivity contribution in [1.82, 2.24) is 15.6 Å². The molecule has 2 N–H and O–H groups in total. The van der Waals surface area contributed by atoms with E-state index in [1.807, 2.05) is 0 Å². The number of nitrogens with one attached hydrogen (secondary N) is 2. The number of amides is 2. The lowest BCUT2D eigenvalue weighted by atomic mass is 9.87. The van der Waals surface area contributed by atoms with Crippen molar-refractivity contribution in [1.29, 1.82) is 0 Å². The fourth-order valence-electron chi connectivity index (χ4n) is 4.10. The Kier molecular flexibility index (Phi) is 7.47. The second kappa shape index (κ2) is 10.6. The fraction of sp³-hybridized carbons (Fsp3) is 0.444. The van der Waals surface area contributed by atoms with Crippen LogP contribution >= 0.6 is 0 Å². The Hall–Kier alpha value is -3.62. The summed E-state index contributed by atoms with van der Waals surface area (Å²) in [5.41, 5.74) is 0.932. The van der Waals surface area contributed by atoms with Crippen LogP contribution < -0.4 is 10.6 Å². The fourth-order valence-corrected chi connectivity index (χ4v) is 4.10. The molecule has 0 spiro atoms. The first kappa shape index (κ1) is 25.5. The molecule has 2 atom stereocenters. The van der Waals surface area contributed by atoms with Gasteiger partial charge in [0.05, 0.1) is 23.0 Å². The highest BCUT2D eigenvalue weighted by Crippen LogP contribution is 2.29. The van der Waals surface area contributed by atoms with Crippen molar-refractivity contribution in [3.8, 4) is 0 Å². The number of ketones is 1. The summed E-state index contributed by atoms with van der Waals surface area (Å²) in [6, 6.07) is 9.03. The minimum Gasteiger partial charge on any atom is -0.444 e. The van der Waals surface area contributed by atoms with Crippen molar-refractivity contribution in [2.75, 3.05) is 0 Å². The number of hydrogen-bond donors (Lipinski definition) is 2.